The van der Waals surface area contributed by atoms with Crippen molar-refractivity contribution in [1.29, 1.82) is 0 Å². The number of likely N-dealkylation sites (tertiary alicyclic amines) is 1. The Morgan fingerprint density at radius 1 is 1.41 bits per heavy atom. The van der Waals surface area contributed by atoms with Gasteiger partial charge in [-0.2, -0.15) is 0 Å². The van der Waals surface area contributed by atoms with E-state index in [1.165, 1.54) is 0 Å². The van der Waals surface area contributed by atoms with Crippen LogP contribution in [0.15, 0.2) is 17.2 Å². The molecule has 2 rings (SSSR count). The number of carbonyl (C=O) groups is 1. The van der Waals surface area contributed by atoms with Gasteiger partial charge in [-0.3, -0.25) is 0 Å². The van der Waals surface area contributed by atoms with E-state index in [0.29, 0.717) is 5.15 Å². The SMILES string of the molecule is CC(C)(C)OC(=O)N1CCCCC1CSc1ccc(Cl)nn1. The monoisotopic (exact) mass is 343 g/mol. The van der Waals surface area contributed by atoms with E-state index in [0.717, 1.165) is 36.6 Å². The second kappa shape index (κ2) is 7.51. The lowest BCUT2D eigenvalue weighted by molar-refractivity contribution is 0.0126. The first-order valence-electron chi connectivity index (χ1n) is 7.47. The molecule has 0 bridgehead atoms. The summed E-state index contributed by atoms with van der Waals surface area (Å²) in [7, 11) is 0. The van der Waals surface area contributed by atoms with Gasteiger partial charge in [-0.15, -0.1) is 22.0 Å². The molecule has 1 saturated heterocycles. The molecule has 1 unspecified atom stereocenters. The number of hydrogen-bond acceptors (Lipinski definition) is 5. The zero-order valence-electron chi connectivity index (χ0n) is 13.2. The molecule has 7 heteroatoms. The van der Waals surface area contributed by atoms with Crippen LogP contribution in [0.3, 0.4) is 0 Å². The lowest BCUT2D eigenvalue weighted by Gasteiger charge is -2.36. The summed E-state index contributed by atoms with van der Waals surface area (Å²) >= 11 is 7.33. The van der Waals surface area contributed by atoms with Crippen molar-refractivity contribution in [2.75, 3.05) is 12.3 Å². The predicted molar refractivity (Wildman–Crippen MR) is 88.3 cm³/mol. The molecule has 1 aliphatic rings. The Labute approximate surface area is 140 Å². The molecule has 1 aromatic heterocycles. The molecule has 5 nitrogen and oxygen atoms in total. The Hall–Kier alpha value is -1.01. The largest absolute Gasteiger partial charge is 0.444 e. The molecule has 2 heterocycles. The van der Waals surface area contributed by atoms with Crippen LogP contribution < -0.4 is 0 Å². The van der Waals surface area contributed by atoms with E-state index in [-0.39, 0.29) is 12.1 Å². The van der Waals surface area contributed by atoms with Crippen LogP contribution in [0.4, 0.5) is 4.79 Å². The molecule has 0 spiro atoms. The third kappa shape index (κ3) is 5.32. The van der Waals surface area contributed by atoms with Crippen LogP contribution in [0.1, 0.15) is 40.0 Å². The Morgan fingerprint density at radius 3 is 2.82 bits per heavy atom. The van der Waals surface area contributed by atoms with Crippen molar-refractivity contribution >= 4 is 29.5 Å². The number of halogens is 1. The Bertz CT molecular complexity index is 505. The maximum atomic E-state index is 12.3. The molecule has 1 aromatic rings. The molecule has 0 saturated carbocycles. The summed E-state index contributed by atoms with van der Waals surface area (Å²) in [5, 5.41) is 9.08. The molecule has 22 heavy (non-hydrogen) atoms. The van der Waals surface area contributed by atoms with Crippen molar-refractivity contribution in [3.8, 4) is 0 Å². The van der Waals surface area contributed by atoms with Gasteiger partial charge in [-0.05, 0) is 52.2 Å². The first-order chi connectivity index (χ1) is 10.3. The van der Waals surface area contributed by atoms with Crippen molar-refractivity contribution in [1.82, 2.24) is 15.1 Å². The minimum atomic E-state index is -0.464. The molecule has 1 amide bonds. The van der Waals surface area contributed by atoms with Crippen LogP contribution in [-0.4, -0.2) is 45.1 Å². The lowest BCUT2D eigenvalue weighted by atomic mass is 10.0. The Kier molecular flexibility index (Phi) is 5.92. The van der Waals surface area contributed by atoms with Crippen LogP contribution in [0.5, 0.6) is 0 Å². The second-order valence-corrected chi connectivity index (χ2v) is 7.76. The molecule has 1 atom stereocenters. The van der Waals surface area contributed by atoms with Crippen LogP contribution >= 0.6 is 23.4 Å². The van der Waals surface area contributed by atoms with Crippen LogP contribution in [0.2, 0.25) is 5.15 Å². The number of piperidine rings is 1. The zero-order chi connectivity index (χ0) is 16.2. The second-order valence-electron chi connectivity index (χ2n) is 6.33. The summed E-state index contributed by atoms with van der Waals surface area (Å²) < 4.78 is 5.51. The quantitative estimate of drug-likeness (QED) is 0.776. The molecule has 0 aromatic carbocycles. The van der Waals surface area contributed by atoms with Crippen LogP contribution in [0, 0.1) is 0 Å². The van der Waals surface area contributed by atoms with Crippen molar-refractivity contribution in [3.63, 3.8) is 0 Å². The van der Waals surface area contributed by atoms with E-state index in [1.807, 2.05) is 31.7 Å². The average Bonchev–Trinajstić information content (AvgIpc) is 2.45. The maximum Gasteiger partial charge on any atom is 0.410 e. The summed E-state index contributed by atoms with van der Waals surface area (Å²) in [6.07, 6.45) is 2.94. The molecular formula is C15H22ClN3O2S. The standard InChI is InChI=1S/C15H22ClN3O2S/c1-15(2,3)21-14(20)19-9-5-4-6-11(19)10-22-13-8-7-12(16)17-18-13/h7-8,11H,4-6,9-10H2,1-3H3. The number of amides is 1. The third-order valence-corrected chi connectivity index (χ3v) is 4.55. The van der Waals surface area contributed by atoms with Gasteiger partial charge >= 0.3 is 6.09 Å². The van der Waals surface area contributed by atoms with Gasteiger partial charge in [0.05, 0.1) is 0 Å². The molecule has 1 fully saturated rings. The molecule has 122 valence electrons. The minimum absolute atomic E-state index is 0.172. The van der Waals surface area contributed by atoms with Crippen LogP contribution in [0.25, 0.3) is 0 Å². The van der Waals surface area contributed by atoms with E-state index in [9.17, 15) is 4.79 Å². The first kappa shape index (κ1) is 17.3. The van der Waals surface area contributed by atoms with Crippen LogP contribution in [-0.2, 0) is 4.74 Å². The minimum Gasteiger partial charge on any atom is -0.444 e. The summed E-state index contributed by atoms with van der Waals surface area (Å²) in [6.45, 7) is 6.43. The third-order valence-electron chi connectivity index (χ3n) is 3.29. The predicted octanol–water partition coefficient (Wildman–Crippen LogP) is 4.01. The number of carbonyl (C=O) groups excluding carboxylic acids is 1. The van der Waals surface area contributed by atoms with E-state index in [2.05, 4.69) is 10.2 Å². The van der Waals surface area contributed by atoms with E-state index in [1.54, 1.807) is 17.8 Å². The van der Waals surface area contributed by atoms with Gasteiger partial charge in [0.2, 0.25) is 0 Å². The Balaban J connectivity index is 1.94. The van der Waals surface area contributed by atoms with Crippen molar-refractivity contribution < 1.29 is 9.53 Å². The average molecular weight is 344 g/mol. The summed E-state index contributed by atoms with van der Waals surface area (Å²) in [6, 6.07) is 3.75. The van der Waals surface area contributed by atoms with E-state index >= 15 is 0 Å². The highest BCUT2D eigenvalue weighted by molar-refractivity contribution is 7.99. The van der Waals surface area contributed by atoms with Gasteiger partial charge in [0, 0.05) is 18.3 Å². The fourth-order valence-corrected chi connectivity index (χ4v) is 3.37. The number of ether oxygens (including phenoxy) is 1. The first-order valence-corrected chi connectivity index (χ1v) is 8.83. The van der Waals surface area contributed by atoms with Crippen molar-refractivity contribution in [3.05, 3.63) is 17.3 Å². The zero-order valence-corrected chi connectivity index (χ0v) is 14.8. The highest BCUT2D eigenvalue weighted by atomic mass is 35.5. The van der Waals surface area contributed by atoms with Gasteiger partial charge in [0.15, 0.2) is 5.15 Å². The molecule has 0 radical (unpaired) electrons. The Morgan fingerprint density at radius 2 is 2.18 bits per heavy atom. The van der Waals surface area contributed by atoms with E-state index < -0.39 is 5.60 Å². The molecule has 0 N–H and O–H groups in total. The van der Waals surface area contributed by atoms with E-state index in [4.69, 9.17) is 16.3 Å². The number of thioether (sulfide) groups is 1. The smallest absolute Gasteiger partial charge is 0.410 e. The highest BCUT2D eigenvalue weighted by Crippen LogP contribution is 2.26. The summed E-state index contributed by atoms with van der Waals surface area (Å²) in [5.41, 5.74) is -0.464. The van der Waals surface area contributed by atoms with Gasteiger partial charge in [0.1, 0.15) is 10.6 Å². The van der Waals surface area contributed by atoms with Gasteiger partial charge in [0.25, 0.3) is 0 Å². The van der Waals surface area contributed by atoms with Crippen molar-refractivity contribution in [2.24, 2.45) is 0 Å². The molecule has 1 aliphatic heterocycles. The fraction of sp³-hybridized carbons (Fsp3) is 0.667. The van der Waals surface area contributed by atoms with Gasteiger partial charge < -0.3 is 9.64 Å². The van der Waals surface area contributed by atoms with Crippen molar-refractivity contribution in [2.45, 2.75) is 56.7 Å². The number of nitrogens with zero attached hydrogens (tertiary/aromatic N) is 3. The van der Waals surface area contributed by atoms with Gasteiger partial charge in [-0.1, -0.05) is 11.6 Å². The maximum absolute atomic E-state index is 12.3. The molecular weight excluding hydrogens is 322 g/mol. The number of aromatic nitrogens is 2. The summed E-state index contributed by atoms with van der Waals surface area (Å²) in [4.78, 5) is 14.2. The topological polar surface area (TPSA) is 55.3 Å². The highest BCUT2D eigenvalue weighted by Gasteiger charge is 2.30. The fourth-order valence-electron chi connectivity index (χ4n) is 2.30. The van der Waals surface area contributed by atoms with Gasteiger partial charge in [-0.25, -0.2) is 4.79 Å². The lowest BCUT2D eigenvalue weighted by Crippen LogP contribution is -2.47. The number of hydrogen-bond donors (Lipinski definition) is 0. The number of rotatable bonds is 3. The normalized spacial score (nSPS) is 19.1. The summed E-state index contributed by atoms with van der Waals surface area (Å²) in [5.74, 6) is 0.787. The molecule has 0 aliphatic carbocycles.